The lowest BCUT2D eigenvalue weighted by Crippen LogP contribution is -2.36. The molecule has 0 spiro atoms. The monoisotopic (exact) mass is 189 g/mol. The summed E-state index contributed by atoms with van der Waals surface area (Å²) >= 11 is 1.74. The Balaban J connectivity index is 2.24. The summed E-state index contributed by atoms with van der Waals surface area (Å²) in [5.74, 6) is 1.45. The molecule has 0 amide bonds. The lowest BCUT2D eigenvalue weighted by molar-refractivity contribution is 0.0831. The molecule has 1 fully saturated rings. The minimum Gasteiger partial charge on any atom is -0.392 e. The Hall–Kier alpha value is 0.270. The molecule has 0 aliphatic carbocycles. The normalized spacial score (nSPS) is 24.2. The molecule has 0 bridgehead atoms. The molecule has 0 aromatic carbocycles. The van der Waals surface area contributed by atoms with Crippen LogP contribution in [0.1, 0.15) is 12.8 Å². The summed E-state index contributed by atoms with van der Waals surface area (Å²) in [6, 6.07) is 0. The van der Waals surface area contributed by atoms with Gasteiger partial charge in [0.25, 0.3) is 0 Å². The van der Waals surface area contributed by atoms with Crippen LogP contribution in [0.15, 0.2) is 0 Å². The summed E-state index contributed by atoms with van der Waals surface area (Å²) in [6.45, 7) is 2.30. The van der Waals surface area contributed by atoms with Gasteiger partial charge in [-0.05, 0) is 45.2 Å². The predicted octanol–water partition coefficient (Wildman–Crippen LogP) is 1.05. The Kier molecular flexibility index (Phi) is 4.40. The van der Waals surface area contributed by atoms with Crippen LogP contribution in [0, 0.1) is 5.92 Å². The first-order valence-corrected chi connectivity index (χ1v) is 5.99. The van der Waals surface area contributed by atoms with Crippen LogP contribution in [0.25, 0.3) is 0 Å². The van der Waals surface area contributed by atoms with Crippen molar-refractivity contribution in [3.05, 3.63) is 0 Å². The van der Waals surface area contributed by atoms with Crippen molar-refractivity contribution in [3.63, 3.8) is 0 Å². The zero-order valence-corrected chi connectivity index (χ0v) is 8.81. The molecule has 1 unspecified atom stereocenters. The maximum Gasteiger partial charge on any atom is 0.0659 e. The number of likely N-dealkylation sites (tertiary alicyclic amines) is 1. The molecule has 1 aliphatic heterocycles. The zero-order valence-electron chi connectivity index (χ0n) is 7.99. The number of nitrogens with zero attached hydrogens (tertiary/aromatic N) is 1. The number of piperidine rings is 1. The van der Waals surface area contributed by atoms with Crippen molar-refractivity contribution >= 4 is 11.8 Å². The summed E-state index contributed by atoms with van der Waals surface area (Å²) in [7, 11) is 2.15. The van der Waals surface area contributed by atoms with Crippen molar-refractivity contribution in [2.24, 2.45) is 5.92 Å². The molecule has 1 saturated heterocycles. The molecule has 1 N–H and O–H groups in total. The summed E-state index contributed by atoms with van der Waals surface area (Å²) < 4.78 is 0. The van der Waals surface area contributed by atoms with E-state index in [4.69, 9.17) is 0 Å². The highest BCUT2D eigenvalue weighted by molar-refractivity contribution is 7.98. The van der Waals surface area contributed by atoms with E-state index < -0.39 is 0 Å². The molecule has 1 aliphatic rings. The molecule has 1 rings (SSSR count). The van der Waals surface area contributed by atoms with Gasteiger partial charge in [-0.15, -0.1) is 0 Å². The van der Waals surface area contributed by atoms with Crippen LogP contribution >= 0.6 is 11.8 Å². The lowest BCUT2D eigenvalue weighted by atomic mass is 9.92. The van der Waals surface area contributed by atoms with E-state index in [1.165, 1.54) is 0 Å². The third-order valence-electron chi connectivity index (χ3n) is 2.64. The fraction of sp³-hybridized carbons (Fsp3) is 1.00. The number of thioether (sulfide) groups is 1. The number of aliphatic hydroxyl groups excluding tert-OH is 1. The van der Waals surface area contributed by atoms with Gasteiger partial charge in [0.1, 0.15) is 0 Å². The second-order valence-corrected chi connectivity index (χ2v) is 4.57. The van der Waals surface area contributed by atoms with Gasteiger partial charge in [0, 0.05) is 5.75 Å². The summed E-state index contributed by atoms with van der Waals surface area (Å²) in [6.07, 6.45) is 4.31. The van der Waals surface area contributed by atoms with Gasteiger partial charge in [0.15, 0.2) is 0 Å². The minimum absolute atomic E-state index is 0.0753. The molecule has 0 saturated carbocycles. The molecule has 72 valence electrons. The highest BCUT2D eigenvalue weighted by Gasteiger charge is 2.22. The third kappa shape index (κ3) is 2.96. The topological polar surface area (TPSA) is 23.5 Å². The van der Waals surface area contributed by atoms with Gasteiger partial charge in [-0.25, -0.2) is 0 Å². The SMILES string of the molecule is CSCC(O)C1CCN(C)CC1. The Morgan fingerprint density at radius 2 is 2.08 bits per heavy atom. The first-order valence-electron chi connectivity index (χ1n) is 4.59. The van der Waals surface area contributed by atoms with Crippen LogP contribution in [0.3, 0.4) is 0 Å². The van der Waals surface area contributed by atoms with Crippen molar-refractivity contribution in [1.29, 1.82) is 0 Å². The summed E-state index contributed by atoms with van der Waals surface area (Å²) in [5, 5.41) is 9.72. The van der Waals surface area contributed by atoms with Crippen molar-refractivity contribution in [3.8, 4) is 0 Å². The van der Waals surface area contributed by atoms with E-state index in [0.717, 1.165) is 31.7 Å². The fourth-order valence-electron chi connectivity index (χ4n) is 1.72. The van der Waals surface area contributed by atoms with E-state index in [2.05, 4.69) is 18.2 Å². The van der Waals surface area contributed by atoms with Crippen LogP contribution in [0.5, 0.6) is 0 Å². The lowest BCUT2D eigenvalue weighted by Gasteiger charge is -2.31. The Bertz CT molecular complexity index is 124. The standard InChI is InChI=1S/C9H19NOS/c1-10-5-3-8(4-6-10)9(11)7-12-2/h8-9,11H,3-7H2,1-2H3. The zero-order chi connectivity index (χ0) is 8.97. The molecule has 0 aromatic rings. The van der Waals surface area contributed by atoms with Gasteiger partial charge < -0.3 is 10.0 Å². The van der Waals surface area contributed by atoms with Crippen LogP contribution in [0.4, 0.5) is 0 Å². The van der Waals surface area contributed by atoms with Gasteiger partial charge in [-0.2, -0.15) is 11.8 Å². The Morgan fingerprint density at radius 3 is 2.58 bits per heavy atom. The smallest absolute Gasteiger partial charge is 0.0659 e. The van der Waals surface area contributed by atoms with Gasteiger partial charge >= 0.3 is 0 Å². The molecular weight excluding hydrogens is 170 g/mol. The number of hydrogen-bond acceptors (Lipinski definition) is 3. The fourth-order valence-corrected chi connectivity index (χ4v) is 2.33. The maximum atomic E-state index is 9.72. The largest absolute Gasteiger partial charge is 0.392 e. The average Bonchev–Trinajstić information content (AvgIpc) is 2.06. The van der Waals surface area contributed by atoms with E-state index in [1.807, 2.05) is 0 Å². The first kappa shape index (κ1) is 10.4. The molecule has 1 atom stereocenters. The molecular formula is C9H19NOS. The summed E-state index contributed by atoms with van der Waals surface area (Å²) in [5.41, 5.74) is 0. The van der Waals surface area contributed by atoms with Gasteiger partial charge in [0.2, 0.25) is 0 Å². The molecule has 1 heterocycles. The van der Waals surface area contributed by atoms with E-state index in [0.29, 0.717) is 5.92 Å². The van der Waals surface area contributed by atoms with Crippen LogP contribution in [-0.2, 0) is 0 Å². The van der Waals surface area contributed by atoms with E-state index in [-0.39, 0.29) is 6.10 Å². The van der Waals surface area contributed by atoms with Crippen molar-refractivity contribution < 1.29 is 5.11 Å². The van der Waals surface area contributed by atoms with Crippen molar-refractivity contribution in [1.82, 2.24) is 4.90 Å². The first-order chi connectivity index (χ1) is 5.74. The summed E-state index contributed by atoms with van der Waals surface area (Å²) in [4.78, 5) is 2.34. The minimum atomic E-state index is -0.0753. The molecule has 3 heteroatoms. The van der Waals surface area contributed by atoms with Crippen molar-refractivity contribution in [2.45, 2.75) is 18.9 Å². The number of aliphatic hydroxyl groups is 1. The molecule has 0 aromatic heterocycles. The van der Waals surface area contributed by atoms with Crippen molar-refractivity contribution in [2.75, 3.05) is 32.1 Å². The maximum absolute atomic E-state index is 9.72. The quantitative estimate of drug-likeness (QED) is 0.718. The van der Waals surface area contributed by atoms with E-state index in [9.17, 15) is 5.11 Å². The van der Waals surface area contributed by atoms with Crippen LogP contribution in [0.2, 0.25) is 0 Å². The van der Waals surface area contributed by atoms with Gasteiger partial charge in [-0.3, -0.25) is 0 Å². The highest BCUT2D eigenvalue weighted by atomic mass is 32.2. The Labute approximate surface area is 79.3 Å². The number of rotatable bonds is 3. The van der Waals surface area contributed by atoms with Gasteiger partial charge in [-0.1, -0.05) is 0 Å². The van der Waals surface area contributed by atoms with Gasteiger partial charge in [0.05, 0.1) is 6.10 Å². The Morgan fingerprint density at radius 1 is 1.50 bits per heavy atom. The van der Waals surface area contributed by atoms with E-state index in [1.54, 1.807) is 11.8 Å². The van der Waals surface area contributed by atoms with Crippen LogP contribution in [-0.4, -0.2) is 48.3 Å². The molecule has 12 heavy (non-hydrogen) atoms. The highest BCUT2D eigenvalue weighted by Crippen LogP contribution is 2.21. The second kappa shape index (κ2) is 5.10. The van der Waals surface area contributed by atoms with E-state index >= 15 is 0 Å². The molecule has 0 radical (unpaired) electrons. The van der Waals surface area contributed by atoms with Crippen LogP contribution < -0.4 is 0 Å². The second-order valence-electron chi connectivity index (χ2n) is 3.66. The third-order valence-corrected chi connectivity index (χ3v) is 3.32. The number of hydrogen-bond donors (Lipinski definition) is 1. The predicted molar refractivity (Wildman–Crippen MR) is 54.6 cm³/mol. The molecule has 2 nitrogen and oxygen atoms in total. The average molecular weight is 189 g/mol.